The van der Waals surface area contributed by atoms with Crippen LogP contribution in [-0.2, 0) is 42.3 Å². The Morgan fingerprint density at radius 1 is 0.292 bits per heavy atom. The lowest BCUT2D eigenvalue weighted by atomic mass is 9.90. The average molecular weight is 1880 g/mol. The van der Waals surface area contributed by atoms with Crippen LogP contribution in [0.5, 0.6) is 0 Å². The number of fused-ring (bicyclic) bond motifs is 25. The van der Waals surface area contributed by atoms with Crippen molar-refractivity contribution in [2.24, 2.45) is 42.3 Å². The number of aryl methyl sites for hydroxylation is 14. The SMILES string of the molecule is Cc1cccc2c3ccccc3n3cc(-n4c(C)nc5ccccc54)[n+](C)c3c12.Cc1cccc2c3ccccc3n3cc(-n4ccnc4C)[n+](C)c3c12.Cc1ccccc1-c1cccc(-c2cnccc2C)c1C.Cc1ccccc1-c1cccc(-c2ncncc2C)c1C.Cn1ccnc1-c1ccc2c3ccccc3n3cc[n+](C)c3c2c1.Cn1cncc1-c1ccc2c3ccccc3n3cc[n+](C)c3c2c1. The molecule has 0 fully saturated rings. The standard InChI is InChI=1S/C25H21N4.C21H19N4.2C20H17N4.C20H19N.C19H18N2/c1-16-9-8-11-19-18-10-4-6-13-21(18)28-15-23(27(3)25(28)24(16)19)29-17(2)26-20-12-5-7-14-22(20)29;1-14-7-6-9-17-16-8-4-5-10-18(16)25-13-19(23(3)21(25)20(14)17)24-12-11-22-15(24)2;1-22-9-10-24-18-6-4-3-5-16(18)15-8-7-14(11-17(15)20(22)24)19-12-21-13-23(19)2;1-22-10-9-21-19(22)14-7-8-15-16-5-3-4-6-18(16)24-12-11-23(2)20(24)17(15)13-14;1-14-7-4-5-8-17(14)18-9-6-10-19(16(18)3)20-13-21-12-11-15(20)2;1-13-7-4-5-8-16(13)17-9-6-10-18(15(17)3)19-14(2)11-20-12-21-19/h4-15H,1-3H3;4-13H,1-3H3;2*3-13H,1-2H3;4-13H,1-3H3;4-12H,1-3H3/q4*+1;;. The molecule has 0 saturated heterocycles. The first-order chi connectivity index (χ1) is 70.2. The van der Waals surface area contributed by atoms with Gasteiger partial charge in [-0.3, -0.25) is 4.98 Å². The van der Waals surface area contributed by atoms with Gasteiger partial charge < -0.3 is 9.13 Å². The lowest BCUT2D eigenvalue weighted by Crippen LogP contribution is -2.32. The number of aromatic nitrogens is 19. The molecular formula is C125H111N19+4. The van der Waals surface area contributed by atoms with Crippen molar-refractivity contribution in [2.75, 3.05) is 0 Å². The third-order valence-corrected chi connectivity index (χ3v) is 28.8. The van der Waals surface area contributed by atoms with Crippen molar-refractivity contribution in [1.29, 1.82) is 0 Å². The van der Waals surface area contributed by atoms with Gasteiger partial charge in [-0.2, -0.15) is 8.80 Å². The van der Waals surface area contributed by atoms with E-state index in [1.807, 2.05) is 83.0 Å². The molecule has 0 bridgehead atoms. The first-order valence-electron chi connectivity index (χ1n) is 48.8. The van der Waals surface area contributed by atoms with E-state index in [4.69, 9.17) is 4.98 Å². The van der Waals surface area contributed by atoms with Gasteiger partial charge in [0.15, 0.2) is 11.6 Å². The largest absolute Gasteiger partial charge is 0.334 e. The molecule has 0 spiro atoms. The summed E-state index contributed by atoms with van der Waals surface area (Å²) < 4.78 is 26.6. The first kappa shape index (κ1) is 91.1. The Morgan fingerprint density at radius 2 is 0.743 bits per heavy atom. The summed E-state index contributed by atoms with van der Waals surface area (Å²) in [6.07, 6.45) is 31.6. The van der Waals surface area contributed by atoms with E-state index in [2.05, 4.69) is 491 Å². The van der Waals surface area contributed by atoms with Gasteiger partial charge in [-0.15, -0.1) is 0 Å². The summed E-state index contributed by atoms with van der Waals surface area (Å²) in [5.41, 5.74) is 35.2. The quantitative estimate of drug-likeness (QED) is 0.109. The van der Waals surface area contributed by atoms with Gasteiger partial charge in [0, 0.05) is 113 Å². The molecule has 27 aromatic rings. The minimum atomic E-state index is 0.983. The minimum Gasteiger partial charge on any atom is -0.334 e. The highest BCUT2D eigenvalue weighted by Gasteiger charge is 2.29. The summed E-state index contributed by atoms with van der Waals surface area (Å²) in [5, 5.41) is 15.3. The van der Waals surface area contributed by atoms with E-state index >= 15 is 0 Å². The Hall–Kier alpha value is -18.0. The molecule has 19 heteroatoms. The minimum absolute atomic E-state index is 0.983. The molecular weight excluding hydrogens is 1770 g/mol. The average Bonchev–Trinajstić information content (AvgIpc) is 1.56. The van der Waals surface area contributed by atoms with E-state index < -0.39 is 0 Å². The normalized spacial score (nSPS) is 11.5. The Labute approximate surface area is 835 Å². The van der Waals surface area contributed by atoms with Crippen LogP contribution in [0.3, 0.4) is 0 Å². The number of imidazole rings is 8. The van der Waals surface area contributed by atoms with Gasteiger partial charge in [-0.05, 0) is 193 Å². The number of benzene rings is 13. The van der Waals surface area contributed by atoms with Crippen LogP contribution < -0.4 is 18.3 Å². The molecule has 0 unspecified atom stereocenters. The van der Waals surface area contributed by atoms with Crippen molar-refractivity contribution in [3.63, 3.8) is 0 Å². The van der Waals surface area contributed by atoms with Crippen molar-refractivity contribution in [2.45, 2.75) is 69.2 Å². The fraction of sp³-hybridized carbons (Fsp3) is 0.128. The van der Waals surface area contributed by atoms with Crippen molar-refractivity contribution in [1.82, 2.24) is 70.8 Å². The molecule has 702 valence electrons. The third-order valence-electron chi connectivity index (χ3n) is 28.8. The van der Waals surface area contributed by atoms with Gasteiger partial charge in [-0.1, -0.05) is 231 Å². The van der Waals surface area contributed by atoms with Crippen molar-refractivity contribution >= 4 is 120 Å². The molecule has 0 saturated carbocycles. The van der Waals surface area contributed by atoms with Gasteiger partial charge >= 0.3 is 0 Å². The molecule has 0 aliphatic carbocycles. The molecule has 0 N–H and O–H groups in total. The molecule has 13 aromatic carbocycles. The fourth-order valence-electron chi connectivity index (χ4n) is 21.6. The molecule has 27 rings (SSSR count). The van der Waals surface area contributed by atoms with Crippen LogP contribution >= 0.6 is 0 Å². The topological polar surface area (TPSA) is 143 Å². The second kappa shape index (κ2) is 37.6. The second-order valence-corrected chi connectivity index (χ2v) is 37.7. The molecule has 0 aliphatic rings. The van der Waals surface area contributed by atoms with E-state index in [1.54, 1.807) is 6.33 Å². The maximum Gasteiger partial charge on any atom is 0.294 e. The van der Waals surface area contributed by atoms with Crippen molar-refractivity contribution in [3.8, 4) is 78.9 Å². The highest BCUT2D eigenvalue weighted by Crippen LogP contribution is 2.41. The number of para-hydroxylation sites is 6. The summed E-state index contributed by atoms with van der Waals surface area (Å²) in [6, 6.07) is 101. The molecule has 14 aromatic heterocycles. The Kier molecular flexibility index (Phi) is 23.8. The summed E-state index contributed by atoms with van der Waals surface area (Å²) >= 11 is 0. The van der Waals surface area contributed by atoms with Gasteiger partial charge in [0.25, 0.3) is 22.9 Å². The summed E-state index contributed by atoms with van der Waals surface area (Å²) in [6.45, 7) is 21.4. The lowest BCUT2D eigenvalue weighted by molar-refractivity contribution is -0.643. The van der Waals surface area contributed by atoms with Crippen LogP contribution in [0.2, 0.25) is 0 Å². The van der Waals surface area contributed by atoms with Crippen LogP contribution in [0.25, 0.3) is 199 Å². The maximum absolute atomic E-state index is 4.78. The van der Waals surface area contributed by atoms with Gasteiger partial charge in [-0.25, -0.2) is 66.1 Å². The van der Waals surface area contributed by atoms with Crippen LogP contribution in [-0.4, -0.2) is 70.8 Å². The smallest absolute Gasteiger partial charge is 0.294 e. The predicted molar refractivity (Wildman–Crippen MR) is 586 cm³/mol. The van der Waals surface area contributed by atoms with Gasteiger partial charge in [0.1, 0.15) is 82.4 Å². The van der Waals surface area contributed by atoms with E-state index in [-0.39, 0.29) is 0 Å². The van der Waals surface area contributed by atoms with Crippen molar-refractivity contribution in [3.05, 3.63) is 441 Å². The molecule has 0 radical (unpaired) electrons. The first-order valence-corrected chi connectivity index (χ1v) is 48.8. The zero-order chi connectivity index (χ0) is 99.0. The number of nitrogens with zero attached hydrogens (tertiary/aromatic N) is 19. The zero-order valence-corrected chi connectivity index (χ0v) is 83.9. The van der Waals surface area contributed by atoms with E-state index in [9.17, 15) is 0 Å². The molecule has 14 heterocycles. The Morgan fingerprint density at radius 3 is 1.27 bits per heavy atom. The summed E-state index contributed by atoms with van der Waals surface area (Å²) in [7, 11) is 12.5. The third kappa shape index (κ3) is 16.0. The number of pyridine rings is 5. The Bertz CT molecular complexity index is 9260. The van der Waals surface area contributed by atoms with E-state index in [0.717, 1.165) is 62.7 Å². The highest BCUT2D eigenvalue weighted by atomic mass is 15.3. The molecule has 0 aliphatic heterocycles. The van der Waals surface area contributed by atoms with E-state index in [0.29, 0.717) is 0 Å². The zero-order valence-electron chi connectivity index (χ0n) is 83.9. The monoisotopic (exact) mass is 1880 g/mol. The maximum atomic E-state index is 4.78. The summed E-state index contributed by atoms with van der Waals surface area (Å²) in [5.74, 6) is 5.17. The number of hydrogen-bond donors (Lipinski definition) is 0. The van der Waals surface area contributed by atoms with Crippen LogP contribution in [0.15, 0.2) is 385 Å². The van der Waals surface area contributed by atoms with Crippen LogP contribution in [0.1, 0.15) is 56.2 Å². The van der Waals surface area contributed by atoms with E-state index in [1.165, 1.54) is 193 Å². The lowest BCUT2D eigenvalue weighted by Gasteiger charge is -2.14. The molecule has 19 nitrogen and oxygen atoms in total. The molecule has 0 amide bonds. The molecule has 0 atom stereocenters. The van der Waals surface area contributed by atoms with Gasteiger partial charge in [0.05, 0.1) is 86.0 Å². The Balaban J connectivity index is 0.0000000990. The predicted octanol–water partition coefficient (Wildman–Crippen LogP) is 25.9. The fourth-order valence-corrected chi connectivity index (χ4v) is 21.6. The summed E-state index contributed by atoms with van der Waals surface area (Å²) in [4.78, 5) is 30.7. The number of rotatable bonds is 8. The highest BCUT2D eigenvalue weighted by molar-refractivity contribution is 6.16. The second-order valence-electron chi connectivity index (χ2n) is 37.7. The van der Waals surface area contributed by atoms with Crippen molar-refractivity contribution < 1.29 is 18.3 Å². The molecule has 144 heavy (non-hydrogen) atoms. The van der Waals surface area contributed by atoms with Gasteiger partial charge in [0.2, 0.25) is 11.3 Å². The number of hydrogen-bond acceptors (Lipinski definition) is 7. The van der Waals surface area contributed by atoms with Crippen LogP contribution in [0, 0.1) is 69.2 Å². The van der Waals surface area contributed by atoms with Crippen LogP contribution in [0.4, 0.5) is 0 Å².